The molecule has 0 atom stereocenters. The Balaban J connectivity index is 2.35. The predicted molar refractivity (Wildman–Crippen MR) is 43.1 cm³/mol. The van der Waals surface area contributed by atoms with E-state index in [0.29, 0.717) is 6.61 Å². The molecule has 3 heteroatoms. The number of H-pyrrole nitrogens is 1. The molecule has 0 radical (unpaired) electrons. The van der Waals surface area contributed by atoms with Gasteiger partial charge < -0.3 is 4.74 Å². The van der Waals surface area contributed by atoms with Gasteiger partial charge in [0.1, 0.15) is 0 Å². The van der Waals surface area contributed by atoms with Crippen LogP contribution in [-0.4, -0.2) is 15.8 Å². The Morgan fingerprint density at radius 1 is 1.55 bits per heavy atom. The molecule has 1 heterocycles. The molecule has 0 saturated carbocycles. The summed E-state index contributed by atoms with van der Waals surface area (Å²) in [4.78, 5) is 0. The molecule has 3 nitrogen and oxygen atoms in total. The van der Waals surface area contributed by atoms with Crippen LogP contribution in [0, 0.1) is 0 Å². The highest BCUT2D eigenvalue weighted by Gasteiger charge is 2.09. The van der Waals surface area contributed by atoms with Gasteiger partial charge in [0.05, 0.1) is 17.9 Å². The lowest BCUT2D eigenvalue weighted by Crippen LogP contribution is -2.18. The quantitative estimate of drug-likeness (QED) is 0.704. The molecule has 0 amide bonds. The molecule has 0 bridgehead atoms. The summed E-state index contributed by atoms with van der Waals surface area (Å²) in [6.07, 6.45) is 1.72. The number of aromatic nitrogens is 2. The van der Waals surface area contributed by atoms with Crippen molar-refractivity contribution in [2.24, 2.45) is 0 Å². The van der Waals surface area contributed by atoms with Gasteiger partial charge in [-0.2, -0.15) is 5.10 Å². The van der Waals surface area contributed by atoms with E-state index in [1.54, 1.807) is 6.20 Å². The van der Waals surface area contributed by atoms with Crippen molar-refractivity contribution in [3.63, 3.8) is 0 Å². The number of rotatable bonds is 2. The van der Waals surface area contributed by atoms with Crippen LogP contribution >= 0.6 is 0 Å². The van der Waals surface area contributed by atoms with Crippen LogP contribution in [0.15, 0.2) is 12.3 Å². The Labute approximate surface area is 66.8 Å². The number of ether oxygens (including phenoxy) is 1. The highest BCUT2D eigenvalue weighted by Crippen LogP contribution is 2.09. The third-order valence-electron chi connectivity index (χ3n) is 1.22. The van der Waals surface area contributed by atoms with Crippen LogP contribution in [0.4, 0.5) is 0 Å². The van der Waals surface area contributed by atoms with Gasteiger partial charge >= 0.3 is 0 Å². The van der Waals surface area contributed by atoms with E-state index in [9.17, 15) is 0 Å². The van der Waals surface area contributed by atoms with Crippen molar-refractivity contribution in [3.8, 4) is 0 Å². The number of nitrogens with zero attached hydrogens (tertiary/aromatic N) is 1. The van der Waals surface area contributed by atoms with Crippen LogP contribution in [0.1, 0.15) is 26.5 Å². The van der Waals surface area contributed by atoms with Gasteiger partial charge in [-0.25, -0.2) is 0 Å². The second kappa shape index (κ2) is 3.05. The first-order valence-electron chi connectivity index (χ1n) is 3.70. The van der Waals surface area contributed by atoms with Crippen molar-refractivity contribution in [1.29, 1.82) is 0 Å². The lowest BCUT2D eigenvalue weighted by molar-refractivity contribution is -0.0164. The summed E-state index contributed by atoms with van der Waals surface area (Å²) in [7, 11) is 0. The summed E-state index contributed by atoms with van der Waals surface area (Å²) in [6, 6.07) is 1.91. The molecule has 0 aliphatic carbocycles. The zero-order chi connectivity index (χ0) is 8.32. The Morgan fingerprint density at radius 2 is 2.27 bits per heavy atom. The Kier molecular flexibility index (Phi) is 2.29. The standard InChI is InChI=1S/C8H14N2O/c1-8(2,3)11-6-7-4-5-9-10-7/h4-5H,6H2,1-3H3,(H,9,10). The number of hydrogen-bond acceptors (Lipinski definition) is 2. The van der Waals surface area contributed by atoms with Crippen LogP contribution in [-0.2, 0) is 11.3 Å². The van der Waals surface area contributed by atoms with Crippen LogP contribution in [0.3, 0.4) is 0 Å². The van der Waals surface area contributed by atoms with Gasteiger partial charge in [-0.05, 0) is 26.8 Å². The summed E-state index contributed by atoms with van der Waals surface area (Å²) in [5.41, 5.74) is 0.936. The molecule has 0 aliphatic heterocycles. The van der Waals surface area contributed by atoms with E-state index in [1.807, 2.05) is 26.8 Å². The fraction of sp³-hybridized carbons (Fsp3) is 0.625. The van der Waals surface area contributed by atoms with Crippen LogP contribution in [0.25, 0.3) is 0 Å². The first-order valence-corrected chi connectivity index (χ1v) is 3.70. The largest absolute Gasteiger partial charge is 0.370 e. The Bertz CT molecular complexity index is 198. The molecule has 0 fully saturated rings. The van der Waals surface area contributed by atoms with Gasteiger partial charge in [-0.1, -0.05) is 0 Å². The van der Waals surface area contributed by atoms with Crippen LogP contribution < -0.4 is 0 Å². The normalized spacial score (nSPS) is 11.9. The molecule has 0 aliphatic rings. The average Bonchev–Trinajstić information content (AvgIpc) is 2.32. The molecule has 0 unspecified atom stereocenters. The van der Waals surface area contributed by atoms with E-state index >= 15 is 0 Å². The molecule has 62 valence electrons. The van der Waals surface area contributed by atoms with Crippen molar-refractivity contribution in [3.05, 3.63) is 18.0 Å². The minimum atomic E-state index is -0.0783. The third kappa shape index (κ3) is 3.18. The summed E-state index contributed by atoms with van der Waals surface area (Å²) in [6.45, 7) is 6.69. The molecule has 0 spiro atoms. The second-order valence-corrected chi connectivity index (χ2v) is 3.48. The first-order chi connectivity index (χ1) is 5.08. The van der Waals surface area contributed by atoms with E-state index in [1.165, 1.54) is 0 Å². The maximum atomic E-state index is 5.50. The van der Waals surface area contributed by atoms with E-state index in [4.69, 9.17) is 4.74 Å². The van der Waals surface area contributed by atoms with Gasteiger partial charge in [0, 0.05) is 6.20 Å². The van der Waals surface area contributed by atoms with E-state index < -0.39 is 0 Å². The molecule has 1 aromatic heterocycles. The highest BCUT2D eigenvalue weighted by atomic mass is 16.5. The fourth-order valence-electron chi connectivity index (χ4n) is 0.659. The van der Waals surface area contributed by atoms with Crippen LogP contribution in [0.5, 0.6) is 0 Å². The molecular formula is C8H14N2O. The van der Waals surface area contributed by atoms with Gasteiger partial charge in [0.2, 0.25) is 0 Å². The molecule has 1 N–H and O–H groups in total. The lowest BCUT2D eigenvalue weighted by atomic mass is 10.2. The number of hydrogen-bond donors (Lipinski definition) is 1. The molecular weight excluding hydrogens is 140 g/mol. The minimum absolute atomic E-state index is 0.0783. The van der Waals surface area contributed by atoms with Crippen molar-refractivity contribution < 1.29 is 4.74 Å². The predicted octanol–water partition coefficient (Wildman–Crippen LogP) is 1.72. The van der Waals surface area contributed by atoms with Gasteiger partial charge in [-0.3, -0.25) is 5.10 Å². The van der Waals surface area contributed by atoms with Crippen molar-refractivity contribution in [2.45, 2.75) is 33.0 Å². The van der Waals surface area contributed by atoms with Crippen molar-refractivity contribution >= 4 is 0 Å². The van der Waals surface area contributed by atoms with E-state index in [-0.39, 0.29) is 5.60 Å². The summed E-state index contributed by atoms with van der Waals surface area (Å²) in [5, 5.41) is 6.65. The van der Waals surface area contributed by atoms with E-state index in [2.05, 4.69) is 10.2 Å². The maximum absolute atomic E-state index is 5.50. The second-order valence-electron chi connectivity index (χ2n) is 3.48. The number of nitrogens with one attached hydrogen (secondary N) is 1. The van der Waals surface area contributed by atoms with Gasteiger partial charge in [-0.15, -0.1) is 0 Å². The minimum Gasteiger partial charge on any atom is -0.370 e. The van der Waals surface area contributed by atoms with Crippen molar-refractivity contribution in [1.82, 2.24) is 10.2 Å². The van der Waals surface area contributed by atoms with Crippen LogP contribution in [0.2, 0.25) is 0 Å². The maximum Gasteiger partial charge on any atom is 0.0889 e. The molecule has 1 rings (SSSR count). The monoisotopic (exact) mass is 154 g/mol. The van der Waals surface area contributed by atoms with E-state index in [0.717, 1.165) is 5.69 Å². The smallest absolute Gasteiger partial charge is 0.0889 e. The molecule has 11 heavy (non-hydrogen) atoms. The van der Waals surface area contributed by atoms with Crippen molar-refractivity contribution in [2.75, 3.05) is 0 Å². The van der Waals surface area contributed by atoms with Gasteiger partial charge in [0.25, 0.3) is 0 Å². The first kappa shape index (κ1) is 8.27. The Morgan fingerprint density at radius 3 is 2.73 bits per heavy atom. The summed E-state index contributed by atoms with van der Waals surface area (Å²) >= 11 is 0. The number of aromatic amines is 1. The molecule has 1 aromatic rings. The lowest BCUT2D eigenvalue weighted by Gasteiger charge is -2.18. The highest BCUT2D eigenvalue weighted by molar-refractivity contribution is 4.95. The summed E-state index contributed by atoms with van der Waals surface area (Å²) in [5.74, 6) is 0. The molecule has 0 aromatic carbocycles. The zero-order valence-electron chi connectivity index (χ0n) is 7.22. The fourth-order valence-corrected chi connectivity index (χ4v) is 0.659. The third-order valence-corrected chi connectivity index (χ3v) is 1.22. The summed E-state index contributed by atoms with van der Waals surface area (Å²) < 4.78 is 5.50. The average molecular weight is 154 g/mol. The Hall–Kier alpha value is -0.830. The molecule has 0 saturated heterocycles. The zero-order valence-corrected chi connectivity index (χ0v) is 7.22. The SMILES string of the molecule is CC(C)(C)OCc1ccn[nH]1. The topological polar surface area (TPSA) is 37.9 Å². The van der Waals surface area contributed by atoms with Gasteiger partial charge in [0.15, 0.2) is 0 Å².